The Morgan fingerprint density at radius 2 is 1.90 bits per heavy atom. The van der Waals surface area contributed by atoms with E-state index in [0.717, 1.165) is 12.2 Å². The summed E-state index contributed by atoms with van der Waals surface area (Å²) in [6.45, 7) is 0.532. The largest absolute Gasteiger partial charge is 0.480 e. The van der Waals surface area contributed by atoms with Crippen LogP contribution in [0, 0.1) is 0 Å². The van der Waals surface area contributed by atoms with E-state index in [-0.39, 0.29) is 11.9 Å². The molecule has 6 nitrogen and oxygen atoms in total. The van der Waals surface area contributed by atoms with Gasteiger partial charge < -0.3 is 16.2 Å². The molecule has 0 heterocycles. The summed E-state index contributed by atoms with van der Waals surface area (Å²) in [6.07, 6.45) is 4.48. The van der Waals surface area contributed by atoms with Crippen LogP contribution in [0.25, 0.3) is 0 Å². The summed E-state index contributed by atoms with van der Waals surface area (Å²) >= 11 is 5.89. The molecule has 0 bridgehead atoms. The number of halogens is 2. The van der Waals surface area contributed by atoms with Crippen LogP contribution in [-0.4, -0.2) is 47.6 Å². The number of amides is 1. The summed E-state index contributed by atoms with van der Waals surface area (Å²) in [7, 11) is 2.30. The Morgan fingerprint density at radius 3 is 2.33 bits per heavy atom. The fourth-order valence-electron chi connectivity index (χ4n) is 1.55. The van der Waals surface area contributed by atoms with Gasteiger partial charge in [-0.3, -0.25) is 9.88 Å². The average molecular weight is 563 g/mol. The molecule has 0 spiro atoms. The van der Waals surface area contributed by atoms with Gasteiger partial charge in [-0.1, -0.05) is 9.39 Å². The Morgan fingerprint density at radius 1 is 1.29 bits per heavy atom. The monoisotopic (exact) mass is 563 g/mol. The molecule has 3 atom stereocenters. The van der Waals surface area contributed by atoms with Gasteiger partial charge >= 0.3 is 5.97 Å². The van der Waals surface area contributed by atoms with Crippen LogP contribution in [-0.2, 0) is 9.59 Å². The van der Waals surface area contributed by atoms with Crippen molar-refractivity contribution in [2.45, 2.75) is 37.8 Å². The second-order valence-electron chi connectivity index (χ2n) is 4.18. The fraction of sp³-hybridized carbons (Fsp3) is 0.818. The van der Waals surface area contributed by atoms with Crippen molar-refractivity contribution in [3.63, 3.8) is 0 Å². The number of rotatable bonds is 11. The molecule has 0 radical (unpaired) electrons. The highest BCUT2D eigenvalue weighted by Crippen LogP contribution is 2.05. The number of unbranched alkanes of at least 4 members (excludes halogenated alkanes) is 1. The van der Waals surface area contributed by atoms with Crippen molar-refractivity contribution in [1.29, 1.82) is 0 Å². The van der Waals surface area contributed by atoms with Crippen molar-refractivity contribution in [2.24, 2.45) is 5.73 Å². The minimum Gasteiger partial charge on any atom is -0.480 e. The van der Waals surface area contributed by atoms with Crippen molar-refractivity contribution >= 4 is 70.3 Å². The highest BCUT2D eigenvalue weighted by molar-refractivity contribution is 15.0. The van der Waals surface area contributed by atoms with E-state index in [1.807, 2.05) is 6.26 Å². The van der Waals surface area contributed by atoms with Gasteiger partial charge in [-0.05, 0) is 44.2 Å². The third-order valence-electron chi connectivity index (χ3n) is 2.69. The molecule has 0 saturated carbocycles. The Balaban J connectivity index is 0. The summed E-state index contributed by atoms with van der Waals surface area (Å²) in [5.41, 5.74) is 5.37. The SMILES string of the molecule is CSCCC(NP)C(=O)NC(CCCCN)C(=O)O.II. The first-order valence-electron chi connectivity index (χ1n) is 6.39. The topological polar surface area (TPSA) is 104 Å². The first kappa shape index (κ1) is 24.4. The van der Waals surface area contributed by atoms with E-state index in [2.05, 4.69) is 57.0 Å². The predicted molar refractivity (Wildman–Crippen MR) is 110 cm³/mol. The van der Waals surface area contributed by atoms with Crippen LogP contribution in [0.2, 0.25) is 0 Å². The van der Waals surface area contributed by atoms with Crippen molar-refractivity contribution in [3.05, 3.63) is 0 Å². The molecule has 1 amide bonds. The Labute approximate surface area is 156 Å². The van der Waals surface area contributed by atoms with Gasteiger partial charge in [0.15, 0.2) is 0 Å². The van der Waals surface area contributed by atoms with E-state index < -0.39 is 12.0 Å². The molecular formula is C11H24I2N3O3PS. The van der Waals surface area contributed by atoms with E-state index in [4.69, 9.17) is 10.8 Å². The number of hydrogen-bond acceptors (Lipinski definition) is 5. The smallest absolute Gasteiger partial charge is 0.326 e. The van der Waals surface area contributed by atoms with Gasteiger partial charge in [0.2, 0.25) is 5.91 Å². The van der Waals surface area contributed by atoms with Gasteiger partial charge in [-0.15, -0.1) is 0 Å². The summed E-state index contributed by atoms with van der Waals surface area (Å²) in [5.74, 6) is -0.438. The normalized spacial score (nSPS) is 12.8. The second kappa shape index (κ2) is 17.5. The number of nitrogens with two attached hydrogens (primary N) is 1. The predicted octanol–water partition coefficient (Wildman–Crippen LogP) is 1.96. The molecule has 10 heteroatoms. The minimum atomic E-state index is -1.00. The molecule has 3 unspecified atom stereocenters. The van der Waals surface area contributed by atoms with Crippen LogP contribution in [0.5, 0.6) is 0 Å². The highest BCUT2D eigenvalue weighted by Gasteiger charge is 2.23. The van der Waals surface area contributed by atoms with E-state index in [1.54, 1.807) is 11.8 Å². The molecule has 5 N–H and O–H groups in total. The molecular weight excluding hydrogens is 539 g/mol. The van der Waals surface area contributed by atoms with Gasteiger partial charge in [0.1, 0.15) is 6.04 Å². The zero-order valence-corrected chi connectivity index (χ0v) is 18.3. The maximum atomic E-state index is 11.9. The molecule has 0 aromatic heterocycles. The second-order valence-corrected chi connectivity index (χ2v) is 5.50. The molecule has 0 aliphatic rings. The van der Waals surface area contributed by atoms with Crippen LogP contribution in [0.3, 0.4) is 0 Å². The van der Waals surface area contributed by atoms with Crippen molar-refractivity contribution in [2.75, 3.05) is 18.6 Å². The summed E-state index contributed by atoms with van der Waals surface area (Å²) in [5, 5.41) is 14.5. The van der Waals surface area contributed by atoms with Gasteiger partial charge in [0, 0.05) is 37.2 Å². The number of carbonyl (C=O) groups is 2. The Kier molecular flexibility index (Phi) is 20.2. The van der Waals surface area contributed by atoms with Gasteiger partial charge in [-0.2, -0.15) is 11.8 Å². The number of carbonyl (C=O) groups excluding carboxylic acids is 1. The molecule has 0 aliphatic carbocycles. The summed E-state index contributed by atoms with van der Waals surface area (Å²) in [4.78, 5) is 23.0. The van der Waals surface area contributed by atoms with E-state index in [1.165, 1.54) is 0 Å². The summed E-state index contributed by atoms with van der Waals surface area (Å²) in [6, 6.07) is -1.22. The molecule has 21 heavy (non-hydrogen) atoms. The van der Waals surface area contributed by atoms with Crippen LogP contribution in [0.1, 0.15) is 25.7 Å². The first-order valence-corrected chi connectivity index (χ1v) is 14.6. The van der Waals surface area contributed by atoms with Crippen LogP contribution in [0.15, 0.2) is 0 Å². The lowest BCUT2D eigenvalue weighted by Crippen LogP contribution is -2.48. The zero-order chi connectivity index (χ0) is 16.7. The number of thioether (sulfide) groups is 1. The average Bonchev–Trinajstić information content (AvgIpc) is 2.49. The van der Waals surface area contributed by atoms with Crippen LogP contribution in [0.4, 0.5) is 0 Å². The van der Waals surface area contributed by atoms with Crippen molar-refractivity contribution in [1.82, 2.24) is 10.4 Å². The molecule has 126 valence electrons. The lowest BCUT2D eigenvalue weighted by Gasteiger charge is -2.19. The maximum Gasteiger partial charge on any atom is 0.326 e. The standard InChI is InChI=1S/C11H24N3O3PS.I2/c1-19-7-5-8(14-18)10(15)13-9(11(16)17)4-2-3-6-12;1-2/h8-9,14H,2-7,12,18H2,1H3,(H,13,15)(H,16,17);. The van der Waals surface area contributed by atoms with E-state index >= 15 is 0 Å². The van der Waals surface area contributed by atoms with Gasteiger partial charge in [0.25, 0.3) is 0 Å². The number of nitrogens with one attached hydrogen (secondary N) is 2. The first-order chi connectivity index (χ1) is 10.1. The van der Waals surface area contributed by atoms with E-state index in [0.29, 0.717) is 25.8 Å². The number of carboxylic acid groups (broad SMARTS) is 1. The van der Waals surface area contributed by atoms with Gasteiger partial charge in [0.05, 0.1) is 6.04 Å². The van der Waals surface area contributed by atoms with E-state index in [9.17, 15) is 9.59 Å². The molecule has 0 aromatic carbocycles. The van der Waals surface area contributed by atoms with Crippen molar-refractivity contribution in [3.8, 4) is 0 Å². The molecule has 0 saturated heterocycles. The lowest BCUT2D eigenvalue weighted by molar-refractivity contribution is -0.142. The zero-order valence-electron chi connectivity index (χ0n) is 12.0. The lowest BCUT2D eigenvalue weighted by atomic mass is 10.1. The molecule has 0 rings (SSSR count). The third kappa shape index (κ3) is 13.3. The Bertz CT molecular complexity index is 291. The van der Waals surface area contributed by atoms with Crippen molar-refractivity contribution < 1.29 is 14.7 Å². The molecule has 0 fully saturated rings. The molecule has 0 aliphatic heterocycles. The number of carboxylic acids is 1. The number of hydrogen-bond donors (Lipinski definition) is 4. The van der Waals surface area contributed by atoms with Crippen LogP contribution < -0.4 is 16.1 Å². The Hall–Kier alpha value is 1.10. The fourth-order valence-corrected chi connectivity index (χ4v) is 2.34. The quantitative estimate of drug-likeness (QED) is 0.174. The van der Waals surface area contributed by atoms with Gasteiger partial charge in [-0.25, -0.2) is 4.79 Å². The number of aliphatic carboxylic acids is 1. The van der Waals surface area contributed by atoms with Crippen LogP contribution >= 0.6 is 58.4 Å². The third-order valence-corrected chi connectivity index (χ3v) is 3.74. The highest BCUT2D eigenvalue weighted by atomic mass is 128. The minimum absolute atomic E-state index is 0.274. The summed E-state index contributed by atoms with van der Waals surface area (Å²) < 4.78 is 0. The maximum absolute atomic E-state index is 11.9. The molecule has 0 aromatic rings.